The van der Waals surface area contributed by atoms with E-state index in [0.29, 0.717) is 61.2 Å². The third kappa shape index (κ3) is 5.47. The van der Waals surface area contributed by atoms with Crippen molar-refractivity contribution >= 4 is 23.3 Å². The van der Waals surface area contributed by atoms with Gasteiger partial charge in [-0.15, -0.1) is 0 Å². The van der Waals surface area contributed by atoms with Gasteiger partial charge in [-0.2, -0.15) is 0 Å². The molecule has 11 nitrogen and oxygen atoms in total. The molecule has 2 aromatic heterocycles. The predicted molar refractivity (Wildman–Crippen MR) is 115 cm³/mol. The highest BCUT2D eigenvalue weighted by Crippen LogP contribution is 2.27. The average Bonchev–Trinajstić information content (AvgIpc) is 3.53. The van der Waals surface area contributed by atoms with Crippen LogP contribution in [0, 0.1) is 5.82 Å². The Bertz CT molecular complexity index is 1090. The summed E-state index contributed by atoms with van der Waals surface area (Å²) < 4.78 is 24.9. The van der Waals surface area contributed by atoms with Crippen molar-refractivity contribution in [3.8, 4) is 11.3 Å². The van der Waals surface area contributed by atoms with Crippen LogP contribution in [0.4, 0.5) is 15.9 Å². The predicted octanol–water partition coefficient (Wildman–Crippen LogP) is 0.838. The second-order valence-corrected chi connectivity index (χ2v) is 7.39. The van der Waals surface area contributed by atoms with Crippen LogP contribution in [0.1, 0.15) is 5.76 Å². The van der Waals surface area contributed by atoms with Crippen LogP contribution in [0.15, 0.2) is 45.6 Å². The van der Waals surface area contributed by atoms with E-state index in [1.807, 2.05) is 4.90 Å². The van der Waals surface area contributed by atoms with Crippen LogP contribution in [-0.4, -0.2) is 71.5 Å². The summed E-state index contributed by atoms with van der Waals surface area (Å²) in [6.45, 7) is 1.24. The molecule has 1 fully saturated rings. The van der Waals surface area contributed by atoms with Gasteiger partial charge in [0.2, 0.25) is 11.8 Å². The molecule has 1 saturated heterocycles. The Hall–Kier alpha value is -3.93. The number of amides is 2. The number of aromatic nitrogens is 2. The van der Waals surface area contributed by atoms with Crippen LogP contribution in [0.5, 0.6) is 0 Å². The summed E-state index contributed by atoms with van der Waals surface area (Å²) in [4.78, 5) is 26.7. The summed E-state index contributed by atoms with van der Waals surface area (Å²) in [5.74, 6) is -0.108. The lowest BCUT2D eigenvalue weighted by atomic mass is 10.1. The Morgan fingerprint density at radius 1 is 1.12 bits per heavy atom. The highest BCUT2D eigenvalue weighted by molar-refractivity contribution is 5.85. The number of hydrogen-bond acceptors (Lipinski definition) is 9. The standard InChI is InChI=1S/C21H23FN6O5/c22-16-9-14(17-10-15(33-25-17)11-23-19-3-8-32-26-19)1-2-18(16)27-4-6-28(7-5-27)21(31)12-24-20(30)13-29/h1-3,8-10,29H,4-7,11-13H2,(H,23,26)(H,24,30). The fraction of sp³-hybridized carbons (Fsp3) is 0.333. The Kier molecular flexibility index (Phi) is 6.83. The van der Waals surface area contributed by atoms with E-state index in [0.717, 1.165) is 0 Å². The molecule has 1 aliphatic heterocycles. The van der Waals surface area contributed by atoms with Gasteiger partial charge in [-0.3, -0.25) is 9.59 Å². The molecule has 0 radical (unpaired) electrons. The van der Waals surface area contributed by atoms with E-state index < -0.39 is 18.3 Å². The van der Waals surface area contributed by atoms with E-state index in [4.69, 9.17) is 14.2 Å². The molecule has 3 aromatic rings. The summed E-state index contributed by atoms with van der Waals surface area (Å²) in [7, 11) is 0. The highest BCUT2D eigenvalue weighted by atomic mass is 19.1. The fourth-order valence-electron chi connectivity index (χ4n) is 3.48. The van der Waals surface area contributed by atoms with Crippen LogP contribution in [0.2, 0.25) is 0 Å². The Morgan fingerprint density at radius 2 is 1.94 bits per heavy atom. The van der Waals surface area contributed by atoms with Gasteiger partial charge in [0, 0.05) is 43.9 Å². The molecule has 3 heterocycles. The van der Waals surface area contributed by atoms with E-state index in [2.05, 4.69) is 20.9 Å². The second-order valence-electron chi connectivity index (χ2n) is 7.39. The van der Waals surface area contributed by atoms with Gasteiger partial charge >= 0.3 is 0 Å². The van der Waals surface area contributed by atoms with Crippen molar-refractivity contribution in [1.82, 2.24) is 20.5 Å². The molecule has 174 valence electrons. The molecule has 1 aliphatic rings. The summed E-state index contributed by atoms with van der Waals surface area (Å²) in [6, 6.07) is 8.26. The van der Waals surface area contributed by atoms with Crippen LogP contribution in [-0.2, 0) is 16.1 Å². The highest BCUT2D eigenvalue weighted by Gasteiger charge is 2.23. The molecular formula is C21H23FN6O5. The van der Waals surface area contributed by atoms with Crippen LogP contribution >= 0.6 is 0 Å². The van der Waals surface area contributed by atoms with Crippen molar-refractivity contribution in [3.05, 3.63) is 48.2 Å². The number of benzene rings is 1. The molecular weight excluding hydrogens is 435 g/mol. The first kappa shape index (κ1) is 22.3. The molecule has 0 unspecified atom stereocenters. The maximum Gasteiger partial charge on any atom is 0.246 e. The molecule has 0 aliphatic carbocycles. The number of aliphatic hydroxyl groups excluding tert-OH is 1. The number of nitrogens with zero attached hydrogens (tertiary/aromatic N) is 4. The zero-order valence-corrected chi connectivity index (χ0v) is 17.7. The van der Waals surface area contributed by atoms with Crippen LogP contribution in [0.25, 0.3) is 11.3 Å². The monoisotopic (exact) mass is 458 g/mol. The molecule has 33 heavy (non-hydrogen) atoms. The maximum atomic E-state index is 14.9. The Morgan fingerprint density at radius 3 is 2.64 bits per heavy atom. The molecule has 3 N–H and O–H groups in total. The van der Waals surface area contributed by atoms with Crippen molar-refractivity contribution in [3.63, 3.8) is 0 Å². The lowest BCUT2D eigenvalue weighted by Crippen LogP contribution is -2.51. The zero-order chi connectivity index (χ0) is 23.2. The number of carbonyl (C=O) groups excluding carboxylic acids is 2. The van der Waals surface area contributed by atoms with Gasteiger partial charge in [-0.25, -0.2) is 4.39 Å². The van der Waals surface area contributed by atoms with Crippen molar-refractivity contribution in [2.75, 3.05) is 49.5 Å². The normalized spacial score (nSPS) is 13.8. The van der Waals surface area contributed by atoms with Crippen molar-refractivity contribution in [1.29, 1.82) is 0 Å². The molecule has 0 atom stereocenters. The molecule has 0 bridgehead atoms. The van der Waals surface area contributed by atoms with E-state index >= 15 is 0 Å². The van der Waals surface area contributed by atoms with Gasteiger partial charge in [-0.05, 0) is 12.1 Å². The number of hydrogen-bond donors (Lipinski definition) is 3. The number of halogens is 1. The zero-order valence-electron chi connectivity index (χ0n) is 17.7. The smallest absolute Gasteiger partial charge is 0.246 e. The number of nitrogens with one attached hydrogen (secondary N) is 2. The third-order valence-electron chi connectivity index (χ3n) is 5.24. The first-order valence-corrected chi connectivity index (χ1v) is 10.3. The van der Waals surface area contributed by atoms with Crippen molar-refractivity contribution < 1.29 is 28.1 Å². The number of anilines is 2. The first-order chi connectivity index (χ1) is 16.0. The number of aliphatic hydroxyl groups is 1. The summed E-state index contributed by atoms with van der Waals surface area (Å²) in [5.41, 5.74) is 1.54. The summed E-state index contributed by atoms with van der Waals surface area (Å²) in [6.07, 6.45) is 1.45. The molecule has 12 heteroatoms. The van der Waals surface area contributed by atoms with E-state index in [-0.39, 0.29) is 12.5 Å². The maximum absolute atomic E-state index is 14.9. The van der Waals surface area contributed by atoms with E-state index in [1.165, 1.54) is 12.3 Å². The fourth-order valence-corrected chi connectivity index (χ4v) is 3.48. The van der Waals surface area contributed by atoms with Gasteiger partial charge in [0.25, 0.3) is 0 Å². The largest absolute Gasteiger partial charge is 0.387 e. The average molecular weight is 458 g/mol. The van der Waals surface area contributed by atoms with Crippen LogP contribution in [0.3, 0.4) is 0 Å². The lowest BCUT2D eigenvalue weighted by molar-refractivity contribution is -0.133. The summed E-state index contributed by atoms with van der Waals surface area (Å²) in [5, 5.41) is 21.8. The number of rotatable bonds is 8. The van der Waals surface area contributed by atoms with Gasteiger partial charge < -0.3 is 34.6 Å². The number of piperazine rings is 1. The molecule has 1 aromatic carbocycles. The van der Waals surface area contributed by atoms with Crippen LogP contribution < -0.4 is 15.5 Å². The summed E-state index contributed by atoms with van der Waals surface area (Å²) >= 11 is 0. The number of carbonyl (C=O) groups is 2. The van der Waals surface area contributed by atoms with Crippen molar-refractivity contribution in [2.24, 2.45) is 0 Å². The lowest BCUT2D eigenvalue weighted by Gasteiger charge is -2.36. The molecule has 2 amide bonds. The van der Waals surface area contributed by atoms with E-state index in [1.54, 1.807) is 29.2 Å². The quantitative estimate of drug-likeness (QED) is 0.448. The Balaban J connectivity index is 1.33. The van der Waals surface area contributed by atoms with Gasteiger partial charge in [0.05, 0.1) is 18.8 Å². The first-order valence-electron chi connectivity index (χ1n) is 10.3. The third-order valence-corrected chi connectivity index (χ3v) is 5.24. The SMILES string of the molecule is O=C(CO)NCC(=O)N1CCN(c2ccc(-c3cc(CNc4ccon4)on3)cc2F)CC1. The molecule has 0 spiro atoms. The van der Waals surface area contributed by atoms with Gasteiger partial charge in [-0.1, -0.05) is 16.4 Å². The minimum Gasteiger partial charge on any atom is -0.387 e. The van der Waals surface area contributed by atoms with Gasteiger partial charge in [0.15, 0.2) is 11.6 Å². The molecule has 4 rings (SSSR count). The minimum atomic E-state index is -0.661. The Labute approximate surface area is 188 Å². The molecule has 0 saturated carbocycles. The van der Waals surface area contributed by atoms with Gasteiger partial charge in [0.1, 0.15) is 24.4 Å². The second kappa shape index (κ2) is 10.1. The minimum absolute atomic E-state index is 0.170. The van der Waals surface area contributed by atoms with E-state index in [9.17, 15) is 14.0 Å². The topological polar surface area (TPSA) is 137 Å². The van der Waals surface area contributed by atoms with Crippen molar-refractivity contribution in [2.45, 2.75) is 6.54 Å².